The Morgan fingerprint density at radius 3 is 2.88 bits per heavy atom. The van der Waals surface area contributed by atoms with Gasteiger partial charge in [-0.2, -0.15) is 5.26 Å². The van der Waals surface area contributed by atoms with Crippen LogP contribution in [0.2, 0.25) is 0 Å². The van der Waals surface area contributed by atoms with Crippen LogP contribution < -0.4 is 4.74 Å². The molecule has 16 heavy (non-hydrogen) atoms. The lowest BCUT2D eigenvalue weighted by Gasteiger charge is -2.14. The van der Waals surface area contributed by atoms with Crippen molar-refractivity contribution >= 4 is 5.97 Å². The van der Waals surface area contributed by atoms with Crippen LogP contribution in [-0.2, 0) is 4.79 Å². The van der Waals surface area contributed by atoms with Crippen molar-refractivity contribution < 1.29 is 14.6 Å². The number of hydrogen-bond donors (Lipinski definition) is 1. The number of rotatable bonds is 4. The topological polar surface area (TPSA) is 70.3 Å². The van der Waals surface area contributed by atoms with Crippen LogP contribution in [-0.4, -0.2) is 17.2 Å². The molecule has 0 aliphatic heterocycles. The summed E-state index contributed by atoms with van der Waals surface area (Å²) in [4.78, 5) is 10.9. The molecule has 0 aromatic heterocycles. The summed E-state index contributed by atoms with van der Waals surface area (Å²) in [5.41, 5.74) is 0.470. The lowest BCUT2D eigenvalue weighted by Crippen LogP contribution is -2.29. The minimum absolute atomic E-state index is 0.114. The number of carbonyl (C=O) groups is 1. The van der Waals surface area contributed by atoms with E-state index in [1.54, 1.807) is 24.3 Å². The van der Waals surface area contributed by atoms with Crippen molar-refractivity contribution in [1.29, 1.82) is 5.26 Å². The Bertz CT molecular complexity index is 446. The van der Waals surface area contributed by atoms with E-state index in [2.05, 4.69) is 0 Å². The smallest absolute Gasteiger partial charge is 0.345 e. The maximum Gasteiger partial charge on any atom is 0.345 e. The van der Waals surface area contributed by atoms with Gasteiger partial charge in [-0.05, 0) is 31.0 Å². The Kier molecular flexibility index (Phi) is 2.78. The summed E-state index contributed by atoms with van der Waals surface area (Å²) < 4.78 is 5.39. The fraction of sp³-hybridized carbons (Fsp3) is 0.333. The predicted octanol–water partition coefficient (Wildman–Crippen LogP) is 1.80. The molecule has 1 N–H and O–H groups in total. The summed E-state index contributed by atoms with van der Waals surface area (Å²) in [5.74, 6) is -0.383. The molecule has 1 aliphatic carbocycles. The van der Waals surface area contributed by atoms with Crippen molar-refractivity contribution in [3.63, 3.8) is 0 Å². The second-order valence-electron chi connectivity index (χ2n) is 3.85. The van der Waals surface area contributed by atoms with E-state index in [4.69, 9.17) is 15.1 Å². The number of aliphatic carboxylic acids is 1. The molecule has 0 saturated heterocycles. The second kappa shape index (κ2) is 4.23. The summed E-state index contributed by atoms with van der Waals surface area (Å²) in [6.45, 7) is 0. The number of carboxylic acid groups (broad SMARTS) is 1. The van der Waals surface area contributed by atoms with Gasteiger partial charge in [0.2, 0.25) is 0 Å². The molecule has 2 rings (SSSR count). The zero-order chi connectivity index (χ0) is 11.5. The first-order chi connectivity index (χ1) is 7.70. The van der Waals surface area contributed by atoms with Gasteiger partial charge in [0, 0.05) is 5.92 Å². The minimum Gasteiger partial charge on any atom is -0.478 e. The molecule has 1 aromatic carbocycles. The zero-order valence-electron chi connectivity index (χ0n) is 8.59. The van der Waals surface area contributed by atoms with Gasteiger partial charge in [-0.1, -0.05) is 6.07 Å². The number of hydrogen-bond acceptors (Lipinski definition) is 3. The first-order valence-corrected chi connectivity index (χ1v) is 5.10. The lowest BCUT2D eigenvalue weighted by molar-refractivity contribution is -0.146. The van der Waals surface area contributed by atoms with Crippen molar-refractivity contribution in [1.82, 2.24) is 0 Å². The molecule has 1 fully saturated rings. The molecule has 1 atom stereocenters. The Morgan fingerprint density at radius 2 is 2.31 bits per heavy atom. The number of nitrogens with zero attached hydrogens (tertiary/aromatic N) is 1. The molecule has 1 aromatic rings. The monoisotopic (exact) mass is 217 g/mol. The van der Waals surface area contributed by atoms with E-state index in [-0.39, 0.29) is 5.92 Å². The number of ether oxygens (including phenoxy) is 1. The van der Waals surface area contributed by atoms with Crippen LogP contribution in [0.25, 0.3) is 0 Å². The first kappa shape index (κ1) is 10.5. The van der Waals surface area contributed by atoms with Gasteiger partial charge in [0.1, 0.15) is 5.75 Å². The van der Waals surface area contributed by atoms with Crippen LogP contribution >= 0.6 is 0 Å². The van der Waals surface area contributed by atoms with Crippen molar-refractivity contribution in [2.75, 3.05) is 0 Å². The molecule has 0 radical (unpaired) electrons. The molecule has 0 heterocycles. The van der Waals surface area contributed by atoms with E-state index in [1.807, 2.05) is 6.07 Å². The number of carboxylic acids is 1. The second-order valence-corrected chi connectivity index (χ2v) is 3.85. The van der Waals surface area contributed by atoms with Crippen LogP contribution in [0.4, 0.5) is 0 Å². The normalized spacial score (nSPS) is 16.2. The van der Waals surface area contributed by atoms with Gasteiger partial charge in [0.25, 0.3) is 0 Å². The highest BCUT2D eigenvalue weighted by Crippen LogP contribution is 2.35. The minimum atomic E-state index is -0.940. The van der Waals surface area contributed by atoms with Gasteiger partial charge < -0.3 is 9.84 Å². The molecule has 0 spiro atoms. The summed E-state index contributed by atoms with van der Waals surface area (Å²) in [6, 6.07) is 8.54. The van der Waals surface area contributed by atoms with Gasteiger partial charge in [-0.3, -0.25) is 0 Å². The van der Waals surface area contributed by atoms with E-state index in [0.717, 1.165) is 12.8 Å². The van der Waals surface area contributed by atoms with E-state index < -0.39 is 12.1 Å². The highest BCUT2D eigenvalue weighted by molar-refractivity contribution is 5.73. The van der Waals surface area contributed by atoms with E-state index >= 15 is 0 Å². The summed E-state index contributed by atoms with van der Waals surface area (Å²) in [6.07, 6.45) is 1.01. The molecular formula is C12H11NO3. The maximum atomic E-state index is 10.9. The van der Waals surface area contributed by atoms with E-state index in [9.17, 15) is 4.79 Å². The fourth-order valence-corrected chi connectivity index (χ4v) is 1.53. The van der Waals surface area contributed by atoms with Crippen LogP contribution in [0.1, 0.15) is 18.4 Å². The van der Waals surface area contributed by atoms with E-state index in [0.29, 0.717) is 11.3 Å². The van der Waals surface area contributed by atoms with Crippen molar-refractivity contribution in [2.45, 2.75) is 18.9 Å². The van der Waals surface area contributed by atoms with Crippen LogP contribution in [0.5, 0.6) is 5.75 Å². The Morgan fingerprint density at radius 1 is 1.56 bits per heavy atom. The predicted molar refractivity (Wildman–Crippen MR) is 55.9 cm³/mol. The molecule has 82 valence electrons. The third-order valence-corrected chi connectivity index (χ3v) is 2.52. The summed E-state index contributed by atoms with van der Waals surface area (Å²) in [7, 11) is 0. The molecule has 0 amide bonds. The highest BCUT2D eigenvalue weighted by Gasteiger charge is 2.38. The van der Waals surface area contributed by atoms with Gasteiger partial charge >= 0.3 is 5.97 Å². The van der Waals surface area contributed by atoms with E-state index in [1.165, 1.54) is 0 Å². The largest absolute Gasteiger partial charge is 0.478 e. The molecular weight excluding hydrogens is 206 g/mol. The van der Waals surface area contributed by atoms with Crippen molar-refractivity contribution in [2.24, 2.45) is 5.92 Å². The van der Waals surface area contributed by atoms with Gasteiger partial charge in [-0.15, -0.1) is 0 Å². The molecule has 0 bridgehead atoms. The Labute approximate surface area is 93.1 Å². The van der Waals surface area contributed by atoms with Crippen LogP contribution in [0.15, 0.2) is 24.3 Å². The van der Waals surface area contributed by atoms with Gasteiger partial charge in [0.15, 0.2) is 6.10 Å². The van der Waals surface area contributed by atoms with Crippen LogP contribution in [0, 0.1) is 17.2 Å². The number of nitriles is 1. The highest BCUT2D eigenvalue weighted by atomic mass is 16.5. The number of benzene rings is 1. The van der Waals surface area contributed by atoms with Crippen molar-refractivity contribution in [3.05, 3.63) is 29.8 Å². The third kappa shape index (κ3) is 2.31. The van der Waals surface area contributed by atoms with Crippen LogP contribution in [0.3, 0.4) is 0 Å². The first-order valence-electron chi connectivity index (χ1n) is 5.10. The van der Waals surface area contributed by atoms with Gasteiger partial charge in [-0.25, -0.2) is 4.79 Å². The Hall–Kier alpha value is -2.02. The summed E-state index contributed by atoms with van der Waals surface area (Å²) in [5, 5.41) is 17.7. The average Bonchev–Trinajstić information content (AvgIpc) is 3.10. The fourth-order valence-electron chi connectivity index (χ4n) is 1.53. The lowest BCUT2D eigenvalue weighted by atomic mass is 10.2. The Balaban J connectivity index is 2.12. The third-order valence-electron chi connectivity index (χ3n) is 2.52. The molecule has 1 unspecified atom stereocenters. The molecule has 4 nitrogen and oxygen atoms in total. The van der Waals surface area contributed by atoms with Crippen molar-refractivity contribution in [3.8, 4) is 11.8 Å². The molecule has 4 heteroatoms. The zero-order valence-corrected chi connectivity index (χ0v) is 8.59. The average molecular weight is 217 g/mol. The molecule has 1 aliphatic rings. The van der Waals surface area contributed by atoms with Gasteiger partial charge in [0.05, 0.1) is 11.6 Å². The standard InChI is InChI=1S/C12H11NO3/c13-7-8-2-1-3-10(6-8)16-11(12(14)15)9-4-5-9/h1-3,6,9,11H,4-5H2,(H,14,15). The quantitative estimate of drug-likeness (QED) is 0.834. The SMILES string of the molecule is N#Cc1cccc(OC(C(=O)O)C2CC2)c1. The molecule has 1 saturated carbocycles. The summed E-state index contributed by atoms with van der Waals surface area (Å²) >= 11 is 0. The maximum absolute atomic E-state index is 10.9.